The minimum atomic E-state index is -0.350. The number of rotatable bonds is 7. The molecular formula is C17H24FN6O2+. The first-order chi connectivity index (χ1) is 12.6. The van der Waals surface area contributed by atoms with Gasteiger partial charge in [-0.1, -0.05) is 12.1 Å². The van der Waals surface area contributed by atoms with Gasteiger partial charge in [-0.2, -0.15) is 0 Å². The number of primary amides is 1. The predicted octanol–water partition coefficient (Wildman–Crippen LogP) is -0.672. The van der Waals surface area contributed by atoms with Gasteiger partial charge < -0.3 is 15.4 Å². The quantitative estimate of drug-likeness (QED) is 0.679. The molecule has 0 radical (unpaired) electrons. The number of tetrazole rings is 1. The van der Waals surface area contributed by atoms with Crippen molar-refractivity contribution in [2.24, 2.45) is 11.7 Å². The summed E-state index contributed by atoms with van der Waals surface area (Å²) in [6, 6.07) is 6.34. The number of methoxy groups -OCH3 is 1. The van der Waals surface area contributed by atoms with E-state index in [0.29, 0.717) is 50.5 Å². The van der Waals surface area contributed by atoms with E-state index in [4.69, 9.17) is 10.5 Å². The Kier molecular flexibility index (Phi) is 5.89. The van der Waals surface area contributed by atoms with Crippen LogP contribution in [0.4, 0.5) is 4.39 Å². The monoisotopic (exact) mass is 363 g/mol. The predicted molar refractivity (Wildman–Crippen MR) is 90.6 cm³/mol. The van der Waals surface area contributed by atoms with Crippen molar-refractivity contribution in [3.8, 4) is 0 Å². The number of hydrogen-bond acceptors (Lipinski definition) is 5. The molecule has 1 amide bonds. The first-order valence-corrected chi connectivity index (χ1v) is 8.75. The van der Waals surface area contributed by atoms with Gasteiger partial charge in [0.05, 0.1) is 31.8 Å². The van der Waals surface area contributed by atoms with Crippen molar-refractivity contribution in [3.63, 3.8) is 0 Å². The molecule has 0 aliphatic carbocycles. The Balaban J connectivity index is 1.92. The van der Waals surface area contributed by atoms with Crippen LogP contribution in [0.1, 0.15) is 30.3 Å². The third-order valence-electron chi connectivity index (χ3n) is 4.98. The van der Waals surface area contributed by atoms with Crippen molar-refractivity contribution in [3.05, 3.63) is 41.5 Å². The van der Waals surface area contributed by atoms with E-state index < -0.39 is 0 Å². The number of nitrogens with two attached hydrogens (primary N) is 1. The molecule has 1 aliphatic heterocycles. The normalized spacial score (nSPS) is 21.5. The summed E-state index contributed by atoms with van der Waals surface area (Å²) in [5.74, 6) is -0.0797. The SMILES string of the molecule is COCCn1nnnc1[C@H](c1ccccc1F)[NH+]1CCC(C(N)=O)CC1. The molecule has 1 aromatic carbocycles. The molecule has 1 saturated heterocycles. The molecule has 3 rings (SSSR count). The number of aromatic nitrogens is 4. The van der Waals surface area contributed by atoms with Crippen LogP contribution in [0.2, 0.25) is 0 Å². The zero-order valence-corrected chi connectivity index (χ0v) is 14.8. The minimum Gasteiger partial charge on any atom is -0.383 e. The van der Waals surface area contributed by atoms with Crippen molar-refractivity contribution < 1.29 is 18.8 Å². The molecule has 26 heavy (non-hydrogen) atoms. The van der Waals surface area contributed by atoms with Crippen LogP contribution in [0.5, 0.6) is 0 Å². The summed E-state index contributed by atoms with van der Waals surface area (Å²) >= 11 is 0. The maximum atomic E-state index is 14.6. The van der Waals surface area contributed by atoms with Gasteiger partial charge in [0.25, 0.3) is 0 Å². The number of carbonyl (C=O) groups excluding carboxylic acids is 1. The average Bonchev–Trinajstić information content (AvgIpc) is 3.10. The molecular weight excluding hydrogens is 339 g/mol. The number of piperidine rings is 1. The molecule has 0 bridgehead atoms. The number of nitrogens with one attached hydrogen (secondary N) is 1. The molecule has 8 nitrogen and oxygen atoms in total. The molecule has 3 N–H and O–H groups in total. The number of likely N-dealkylation sites (tertiary alicyclic amines) is 1. The maximum absolute atomic E-state index is 14.6. The second-order valence-corrected chi connectivity index (χ2v) is 6.54. The van der Waals surface area contributed by atoms with Gasteiger partial charge >= 0.3 is 0 Å². The number of ether oxygens (including phenoxy) is 1. The van der Waals surface area contributed by atoms with Crippen LogP contribution in [0, 0.1) is 11.7 Å². The van der Waals surface area contributed by atoms with Crippen LogP contribution in [-0.2, 0) is 16.1 Å². The zero-order chi connectivity index (χ0) is 18.5. The molecule has 1 fully saturated rings. The fraction of sp³-hybridized carbons (Fsp3) is 0.529. The van der Waals surface area contributed by atoms with Gasteiger partial charge in [-0.25, -0.2) is 9.07 Å². The van der Waals surface area contributed by atoms with E-state index in [1.54, 1.807) is 23.9 Å². The summed E-state index contributed by atoms with van der Waals surface area (Å²) in [6.45, 7) is 2.34. The highest BCUT2D eigenvalue weighted by molar-refractivity contribution is 5.76. The molecule has 1 aromatic heterocycles. The second kappa shape index (κ2) is 8.33. The van der Waals surface area contributed by atoms with E-state index in [-0.39, 0.29) is 23.7 Å². The summed E-state index contributed by atoms with van der Waals surface area (Å²) in [4.78, 5) is 12.6. The largest absolute Gasteiger partial charge is 0.383 e. The summed E-state index contributed by atoms with van der Waals surface area (Å²) in [7, 11) is 1.61. The van der Waals surface area contributed by atoms with E-state index in [9.17, 15) is 9.18 Å². The van der Waals surface area contributed by atoms with Gasteiger partial charge in [0.15, 0.2) is 6.04 Å². The Bertz CT molecular complexity index is 744. The fourth-order valence-corrected chi connectivity index (χ4v) is 3.57. The number of quaternary nitrogens is 1. The summed E-state index contributed by atoms with van der Waals surface area (Å²) in [5.41, 5.74) is 5.99. The van der Waals surface area contributed by atoms with Crippen molar-refractivity contribution in [1.29, 1.82) is 0 Å². The first-order valence-electron chi connectivity index (χ1n) is 8.75. The Hall–Kier alpha value is -2.39. The third-order valence-corrected chi connectivity index (χ3v) is 4.98. The van der Waals surface area contributed by atoms with Crippen molar-refractivity contribution in [2.75, 3.05) is 26.8 Å². The van der Waals surface area contributed by atoms with E-state index >= 15 is 0 Å². The lowest BCUT2D eigenvalue weighted by atomic mass is 9.93. The smallest absolute Gasteiger partial charge is 0.220 e. The zero-order valence-electron chi connectivity index (χ0n) is 14.8. The van der Waals surface area contributed by atoms with Crippen molar-refractivity contribution in [2.45, 2.75) is 25.4 Å². The van der Waals surface area contributed by atoms with E-state index in [1.165, 1.54) is 6.07 Å². The van der Waals surface area contributed by atoms with Crippen LogP contribution in [-0.4, -0.2) is 52.9 Å². The van der Waals surface area contributed by atoms with E-state index in [2.05, 4.69) is 15.5 Å². The number of benzene rings is 1. The van der Waals surface area contributed by atoms with Gasteiger partial charge in [0.2, 0.25) is 11.7 Å². The Morgan fingerprint density at radius 3 is 2.81 bits per heavy atom. The average molecular weight is 363 g/mol. The number of halogens is 1. The number of hydrogen-bond donors (Lipinski definition) is 2. The van der Waals surface area contributed by atoms with Gasteiger partial charge in [-0.3, -0.25) is 4.79 Å². The van der Waals surface area contributed by atoms with Crippen LogP contribution < -0.4 is 10.6 Å². The second-order valence-electron chi connectivity index (χ2n) is 6.54. The molecule has 0 saturated carbocycles. The summed E-state index contributed by atoms with van der Waals surface area (Å²) in [5, 5.41) is 12.0. The summed E-state index contributed by atoms with van der Waals surface area (Å²) in [6.07, 6.45) is 1.35. The molecule has 9 heteroatoms. The van der Waals surface area contributed by atoms with Crippen molar-refractivity contribution >= 4 is 5.91 Å². The first kappa shape index (κ1) is 18.4. The highest BCUT2D eigenvalue weighted by Crippen LogP contribution is 2.22. The van der Waals surface area contributed by atoms with Crippen molar-refractivity contribution in [1.82, 2.24) is 20.2 Å². The Morgan fingerprint density at radius 1 is 1.42 bits per heavy atom. The summed E-state index contributed by atoms with van der Waals surface area (Å²) < 4.78 is 21.4. The number of nitrogens with zero attached hydrogens (tertiary/aromatic N) is 4. The van der Waals surface area contributed by atoms with Gasteiger partial charge in [-0.15, -0.1) is 5.10 Å². The highest BCUT2D eigenvalue weighted by Gasteiger charge is 2.37. The number of amides is 1. The van der Waals surface area contributed by atoms with Crippen LogP contribution in [0.25, 0.3) is 0 Å². The Labute approximate surface area is 151 Å². The maximum Gasteiger partial charge on any atom is 0.220 e. The molecule has 1 atom stereocenters. The minimum absolute atomic E-state index is 0.121. The topological polar surface area (TPSA) is 100 Å². The van der Waals surface area contributed by atoms with Crippen LogP contribution in [0.3, 0.4) is 0 Å². The lowest BCUT2D eigenvalue weighted by Gasteiger charge is -2.33. The van der Waals surface area contributed by atoms with Gasteiger partial charge in [0, 0.05) is 25.9 Å². The molecule has 0 spiro atoms. The van der Waals surface area contributed by atoms with Crippen LogP contribution in [0.15, 0.2) is 24.3 Å². The lowest BCUT2D eigenvalue weighted by Crippen LogP contribution is -3.13. The lowest BCUT2D eigenvalue weighted by molar-refractivity contribution is -0.932. The molecule has 2 heterocycles. The standard InChI is InChI=1S/C17H23FN6O2/c1-26-11-10-24-17(20-21-22-24)15(13-4-2-3-5-14(13)18)23-8-6-12(7-9-23)16(19)25/h2-5,12,15H,6-11H2,1H3,(H2,19,25)/p+1/t15-/m0/s1. The highest BCUT2D eigenvalue weighted by atomic mass is 19.1. The third kappa shape index (κ3) is 3.88. The van der Waals surface area contributed by atoms with E-state index in [1.807, 2.05) is 6.07 Å². The van der Waals surface area contributed by atoms with Gasteiger partial charge in [0.1, 0.15) is 5.82 Å². The number of carbonyl (C=O) groups is 1. The van der Waals surface area contributed by atoms with Crippen LogP contribution >= 0.6 is 0 Å². The molecule has 140 valence electrons. The van der Waals surface area contributed by atoms with E-state index in [0.717, 1.165) is 4.90 Å². The van der Waals surface area contributed by atoms with Gasteiger partial charge in [-0.05, 0) is 22.6 Å². The fourth-order valence-electron chi connectivity index (χ4n) is 3.57. The molecule has 2 aromatic rings. The molecule has 0 unspecified atom stereocenters. The Morgan fingerprint density at radius 2 is 2.15 bits per heavy atom. The molecule has 1 aliphatic rings.